The van der Waals surface area contributed by atoms with E-state index < -0.39 is 5.97 Å². The first kappa shape index (κ1) is 16.2. The van der Waals surface area contributed by atoms with Crippen molar-refractivity contribution in [3.8, 4) is 0 Å². The second kappa shape index (κ2) is 7.30. The number of carbonyl (C=O) groups is 2. The summed E-state index contributed by atoms with van der Waals surface area (Å²) >= 11 is 1.30. The van der Waals surface area contributed by atoms with Crippen molar-refractivity contribution in [2.45, 2.75) is 12.8 Å². The SMILES string of the molecule is COC(=O)c1ccc(N2CCC(C(=O)Nc3nncs3)CC2)nn1. The zero-order valence-electron chi connectivity index (χ0n) is 13.0. The first-order valence-electron chi connectivity index (χ1n) is 7.41. The third kappa shape index (κ3) is 3.65. The van der Waals surface area contributed by atoms with Gasteiger partial charge in [-0.1, -0.05) is 11.3 Å². The van der Waals surface area contributed by atoms with Crippen LogP contribution in [0.4, 0.5) is 10.9 Å². The zero-order chi connectivity index (χ0) is 16.9. The van der Waals surface area contributed by atoms with Crippen LogP contribution in [0, 0.1) is 5.92 Å². The summed E-state index contributed by atoms with van der Waals surface area (Å²) in [5.74, 6) is 0.0812. The molecule has 0 unspecified atom stereocenters. The maximum atomic E-state index is 12.2. The summed E-state index contributed by atoms with van der Waals surface area (Å²) in [5.41, 5.74) is 1.75. The smallest absolute Gasteiger partial charge is 0.358 e. The maximum absolute atomic E-state index is 12.2. The summed E-state index contributed by atoms with van der Waals surface area (Å²) in [6, 6.07) is 3.32. The van der Waals surface area contributed by atoms with Gasteiger partial charge in [0, 0.05) is 19.0 Å². The number of esters is 1. The van der Waals surface area contributed by atoms with Gasteiger partial charge in [0.15, 0.2) is 11.5 Å². The number of carbonyl (C=O) groups excluding carboxylic acids is 2. The predicted molar refractivity (Wildman–Crippen MR) is 86.8 cm³/mol. The van der Waals surface area contributed by atoms with Crippen LogP contribution < -0.4 is 10.2 Å². The lowest BCUT2D eigenvalue weighted by molar-refractivity contribution is -0.120. The van der Waals surface area contributed by atoms with Crippen LogP contribution >= 0.6 is 11.3 Å². The number of hydrogen-bond acceptors (Lipinski definition) is 9. The van der Waals surface area contributed by atoms with Crippen molar-refractivity contribution in [3.63, 3.8) is 0 Å². The van der Waals surface area contributed by atoms with E-state index in [4.69, 9.17) is 0 Å². The zero-order valence-corrected chi connectivity index (χ0v) is 13.8. The number of amides is 1. The number of nitrogens with zero attached hydrogens (tertiary/aromatic N) is 5. The van der Waals surface area contributed by atoms with E-state index in [2.05, 4.69) is 30.4 Å². The lowest BCUT2D eigenvalue weighted by Crippen LogP contribution is -2.38. The summed E-state index contributed by atoms with van der Waals surface area (Å²) in [6.45, 7) is 1.39. The fourth-order valence-electron chi connectivity index (χ4n) is 2.51. The Morgan fingerprint density at radius 1 is 1.25 bits per heavy atom. The van der Waals surface area contributed by atoms with Crippen LogP contribution in [0.3, 0.4) is 0 Å². The molecule has 0 atom stereocenters. The standard InChI is InChI=1S/C14H16N6O3S/c1-23-13(22)10-2-3-11(18-17-10)20-6-4-9(5-7-20)12(21)16-14-19-15-8-24-14/h2-3,8-9H,4-7H2,1H3,(H,16,19,21). The summed E-state index contributed by atoms with van der Waals surface area (Å²) in [7, 11) is 1.30. The lowest BCUT2D eigenvalue weighted by Gasteiger charge is -2.31. The van der Waals surface area contributed by atoms with E-state index in [9.17, 15) is 9.59 Å². The predicted octanol–water partition coefficient (Wildman–Crippen LogP) is 0.970. The van der Waals surface area contributed by atoms with Gasteiger partial charge in [-0.2, -0.15) is 0 Å². The molecular formula is C14H16N6O3S. The Morgan fingerprint density at radius 3 is 2.62 bits per heavy atom. The van der Waals surface area contributed by atoms with Crippen molar-refractivity contribution >= 4 is 34.2 Å². The molecule has 1 aliphatic heterocycles. The Hall–Kier alpha value is -2.62. The normalized spacial score (nSPS) is 15.1. The largest absolute Gasteiger partial charge is 0.464 e. The fourth-order valence-corrected chi connectivity index (χ4v) is 2.96. The molecule has 0 spiro atoms. The molecule has 0 radical (unpaired) electrons. The summed E-state index contributed by atoms with van der Waals surface area (Å²) < 4.78 is 4.60. The Labute approximate surface area is 142 Å². The average Bonchev–Trinajstić information content (AvgIpc) is 3.14. The lowest BCUT2D eigenvalue weighted by atomic mass is 9.96. The van der Waals surface area contributed by atoms with E-state index in [1.165, 1.54) is 18.4 Å². The third-order valence-electron chi connectivity index (χ3n) is 3.82. The monoisotopic (exact) mass is 348 g/mol. The number of nitrogens with one attached hydrogen (secondary N) is 1. The molecule has 2 aromatic heterocycles. The Morgan fingerprint density at radius 2 is 2.04 bits per heavy atom. The molecule has 9 nitrogen and oxygen atoms in total. The molecule has 2 aromatic rings. The molecule has 1 saturated heterocycles. The van der Waals surface area contributed by atoms with Gasteiger partial charge in [0.05, 0.1) is 7.11 Å². The molecule has 0 aliphatic carbocycles. The molecule has 0 saturated carbocycles. The first-order valence-corrected chi connectivity index (χ1v) is 8.29. The van der Waals surface area contributed by atoms with Gasteiger partial charge in [-0.3, -0.25) is 4.79 Å². The topological polar surface area (TPSA) is 110 Å². The minimum atomic E-state index is -0.513. The van der Waals surface area contributed by atoms with Crippen LogP contribution in [0.15, 0.2) is 17.6 Å². The number of ether oxygens (including phenoxy) is 1. The molecule has 1 N–H and O–H groups in total. The molecule has 0 aromatic carbocycles. The van der Waals surface area contributed by atoms with Crippen molar-refractivity contribution in [2.75, 3.05) is 30.4 Å². The second-order valence-electron chi connectivity index (χ2n) is 5.26. The molecule has 0 bridgehead atoms. The van der Waals surface area contributed by atoms with E-state index in [0.717, 1.165) is 0 Å². The Balaban J connectivity index is 1.54. The molecule has 3 rings (SSSR count). The molecule has 3 heterocycles. The number of rotatable bonds is 4. The van der Waals surface area contributed by atoms with E-state index in [0.29, 0.717) is 36.9 Å². The van der Waals surface area contributed by atoms with Crippen LogP contribution in [-0.4, -0.2) is 52.5 Å². The van der Waals surface area contributed by atoms with Gasteiger partial charge >= 0.3 is 5.97 Å². The minimum Gasteiger partial charge on any atom is -0.464 e. The van der Waals surface area contributed by atoms with Crippen molar-refractivity contribution < 1.29 is 14.3 Å². The van der Waals surface area contributed by atoms with E-state index in [-0.39, 0.29) is 17.5 Å². The van der Waals surface area contributed by atoms with Crippen LogP contribution in [0.2, 0.25) is 0 Å². The summed E-state index contributed by atoms with van der Waals surface area (Å²) in [6.07, 6.45) is 1.43. The number of methoxy groups -OCH3 is 1. The van der Waals surface area contributed by atoms with Gasteiger partial charge in [-0.15, -0.1) is 20.4 Å². The highest BCUT2D eigenvalue weighted by Crippen LogP contribution is 2.23. The first-order chi connectivity index (χ1) is 11.7. The maximum Gasteiger partial charge on any atom is 0.358 e. The number of piperidine rings is 1. The number of anilines is 2. The van der Waals surface area contributed by atoms with Gasteiger partial charge in [0.25, 0.3) is 0 Å². The molecule has 10 heteroatoms. The Kier molecular flexibility index (Phi) is 4.94. The van der Waals surface area contributed by atoms with Crippen molar-refractivity contribution in [1.29, 1.82) is 0 Å². The highest BCUT2D eigenvalue weighted by Gasteiger charge is 2.26. The highest BCUT2D eigenvalue weighted by atomic mass is 32.1. The van der Waals surface area contributed by atoms with Gasteiger partial charge in [0.2, 0.25) is 11.0 Å². The summed E-state index contributed by atoms with van der Waals surface area (Å²) in [5, 5.41) is 18.7. The van der Waals surface area contributed by atoms with Crippen molar-refractivity contribution in [2.24, 2.45) is 5.92 Å². The number of hydrogen-bond donors (Lipinski definition) is 1. The van der Waals surface area contributed by atoms with Crippen LogP contribution in [0.1, 0.15) is 23.3 Å². The van der Waals surface area contributed by atoms with Crippen LogP contribution in [0.25, 0.3) is 0 Å². The third-order valence-corrected chi connectivity index (χ3v) is 4.43. The molecule has 1 amide bonds. The van der Waals surface area contributed by atoms with Gasteiger partial charge in [-0.05, 0) is 25.0 Å². The van der Waals surface area contributed by atoms with E-state index >= 15 is 0 Å². The van der Waals surface area contributed by atoms with Crippen LogP contribution in [0.5, 0.6) is 0 Å². The van der Waals surface area contributed by atoms with Gasteiger partial charge in [0.1, 0.15) is 5.51 Å². The van der Waals surface area contributed by atoms with Gasteiger partial charge < -0.3 is 15.0 Å². The van der Waals surface area contributed by atoms with Gasteiger partial charge in [-0.25, -0.2) is 4.79 Å². The second-order valence-corrected chi connectivity index (χ2v) is 6.10. The fraction of sp³-hybridized carbons (Fsp3) is 0.429. The van der Waals surface area contributed by atoms with E-state index in [1.807, 2.05) is 4.90 Å². The molecule has 1 fully saturated rings. The Bertz CT molecular complexity index is 698. The molecule has 24 heavy (non-hydrogen) atoms. The quantitative estimate of drug-likeness (QED) is 0.814. The number of aromatic nitrogens is 4. The van der Waals surface area contributed by atoms with Crippen LogP contribution in [-0.2, 0) is 9.53 Å². The van der Waals surface area contributed by atoms with E-state index in [1.54, 1.807) is 17.6 Å². The van der Waals surface area contributed by atoms with Crippen molar-refractivity contribution in [1.82, 2.24) is 20.4 Å². The minimum absolute atomic E-state index is 0.0291. The van der Waals surface area contributed by atoms with Crippen molar-refractivity contribution in [3.05, 3.63) is 23.3 Å². The highest BCUT2D eigenvalue weighted by molar-refractivity contribution is 7.13. The molecular weight excluding hydrogens is 332 g/mol. The average molecular weight is 348 g/mol. The molecule has 126 valence electrons. The summed E-state index contributed by atoms with van der Waals surface area (Å²) in [4.78, 5) is 25.6. The molecule has 1 aliphatic rings.